The average Bonchev–Trinajstić information content (AvgIpc) is 2.54. The van der Waals surface area contributed by atoms with Crippen LogP contribution in [0.1, 0.15) is 22.8 Å². The fraction of sp³-hybridized carbons (Fsp3) is 0.250. The predicted octanol–water partition coefficient (Wildman–Crippen LogP) is 2.93. The van der Waals surface area contributed by atoms with Crippen LogP contribution in [0.5, 0.6) is 0 Å². The van der Waals surface area contributed by atoms with Crippen LogP contribution in [0.2, 0.25) is 5.02 Å². The van der Waals surface area contributed by atoms with Crippen molar-refractivity contribution in [1.29, 1.82) is 0 Å². The SMILES string of the molecule is CCOC(=O)c1cn(OC)c(=O)c(Cl)c1Nc1ccc(F)cc1C. The molecule has 0 fully saturated rings. The molecule has 1 heterocycles. The molecule has 128 valence electrons. The van der Waals surface area contributed by atoms with Gasteiger partial charge in [-0.1, -0.05) is 11.6 Å². The maximum atomic E-state index is 13.2. The molecule has 2 rings (SSSR count). The smallest absolute Gasteiger partial charge is 0.341 e. The highest BCUT2D eigenvalue weighted by molar-refractivity contribution is 6.34. The number of aromatic nitrogens is 1. The van der Waals surface area contributed by atoms with Gasteiger partial charge in [-0.05, 0) is 37.6 Å². The van der Waals surface area contributed by atoms with E-state index >= 15 is 0 Å². The number of esters is 1. The molecule has 0 atom stereocenters. The van der Waals surface area contributed by atoms with Gasteiger partial charge < -0.3 is 14.9 Å². The van der Waals surface area contributed by atoms with Crippen molar-refractivity contribution in [2.75, 3.05) is 19.0 Å². The Morgan fingerprint density at radius 1 is 1.42 bits per heavy atom. The second kappa shape index (κ2) is 7.35. The summed E-state index contributed by atoms with van der Waals surface area (Å²) in [7, 11) is 1.27. The minimum atomic E-state index is -0.674. The summed E-state index contributed by atoms with van der Waals surface area (Å²) in [5.41, 5.74) is 0.528. The fourth-order valence-electron chi connectivity index (χ4n) is 2.09. The Labute approximate surface area is 142 Å². The van der Waals surface area contributed by atoms with Crippen LogP contribution in [-0.4, -0.2) is 24.4 Å². The van der Waals surface area contributed by atoms with Crippen LogP contribution >= 0.6 is 11.6 Å². The molecule has 0 aliphatic carbocycles. The molecule has 8 heteroatoms. The van der Waals surface area contributed by atoms with Gasteiger partial charge in [0.15, 0.2) is 0 Å². The van der Waals surface area contributed by atoms with Crippen molar-refractivity contribution in [3.05, 3.63) is 56.7 Å². The topological polar surface area (TPSA) is 69.6 Å². The summed E-state index contributed by atoms with van der Waals surface area (Å²) >= 11 is 6.10. The molecule has 0 amide bonds. The number of nitrogens with one attached hydrogen (secondary N) is 1. The molecule has 0 unspecified atom stereocenters. The van der Waals surface area contributed by atoms with Crippen LogP contribution in [0.25, 0.3) is 0 Å². The molecule has 6 nitrogen and oxygen atoms in total. The quantitative estimate of drug-likeness (QED) is 0.836. The molecule has 0 saturated carbocycles. The Morgan fingerprint density at radius 2 is 2.12 bits per heavy atom. The first-order chi connectivity index (χ1) is 11.4. The van der Waals surface area contributed by atoms with Crippen molar-refractivity contribution >= 4 is 28.9 Å². The predicted molar refractivity (Wildman–Crippen MR) is 88.6 cm³/mol. The second-order valence-electron chi connectivity index (χ2n) is 4.85. The Kier molecular flexibility index (Phi) is 5.46. The molecule has 0 bridgehead atoms. The number of pyridine rings is 1. The molecule has 24 heavy (non-hydrogen) atoms. The summed E-state index contributed by atoms with van der Waals surface area (Å²) in [5.74, 6) is -1.07. The summed E-state index contributed by atoms with van der Waals surface area (Å²) in [5, 5.41) is 2.66. The molecular weight excluding hydrogens is 339 g/mol. The second-order valence-corrected chi connectivity index (χ2v) is 5.23. The molecular formula is C16H16ClFN2O4. The van der Waals surface area contributed by atoms with E-state index in [0.717, 1.165) is 4.73 Å². The molecule has 0 saturated heterocycles. The minimum Gasteiger partial charge on any atom is -0.462 e. The van der Waals surface area contributed by atoms with Gasteiger partial charge in [0.2, 0.25) is 0 Å². The van der Waals surface area contributed by atoms with Gasteiger partial charge in [-0.25, -0.2) is 9.18 Å². The lowest BCUT2D eigenvalue weighted by Gasteiger charge is -2.16. The number of anilines is 2. The first-order valence-corrected chi connectivity index (χ1v) is 7.46. The molecule has 0 aliphatic heterocycles. The molecule has 2 aromatic rings. The standard InChI is InChI=1S/C16H16ClFN2O4/c1-4-24-16(22)11-8-20(23-3)15(21)13(17)14(11)19-12-6-5-10(18)7-9(12)2/h5-8,19H,4H2,1-3H3. The zero-order chi connectivity index (χ0) is 17.9. The monoisotopic (exact) mass is 354 g/mol. The summed E-state index contributed by atoms with van der Waals surface area (Å²) in [6, 6.07) is 4.05. The molecule has 0 spiro atoms. The third-order valence-corrected chi connectivity index (χ3v) is 3.61. The van der Waals surface area contributed by atoms with Crippen LogP contribution < -0.4 is 15.7 Å². The van der Waals surface area contributed by atoms with E-state index in [2.05, 4.69) is 5.32 Å². The third-order valence-electron chi connectivity index (χ3n) is 3.26. The van der Waals surface area contributed by atoms with Gasteiger partial charge in [0.1, 0.15) is 23.5 Å². The van der Waals surface area contributed by atoms with Crippen LogP contribution in [-0.2, 0) is 4.74 Å². The van der Waals surface area contributed by atoms with Crippen LogP contribution in [0.4, 0.5) is 15.8 Å². The van der Waals surface area contributed by atoms with Crippen molar-refractivity contribution in [2.24, 2.45) is 0 Å². The van der Waals surface area contributed by atoms with Crippen LogP contribution in [0.3, 0.4) is 0 Å². The number of aryl methyl sites for hydroxylation is 1. The molecule has 0 radical (unpaired) electrons. The summed E-state index contributed by atoms with van der Waals surface area (Å²) in [6.07, 6.45) is 1.19. The van der Waals surface area contributed by atoms with Crippen molar-refractivity contribution in [1.82, 2.24) is 4.73 Å². The first kappa shape index (κ1) is 17.8. The number of carbonyl (C=O) groups excluding carboxylic acids is 1. The zero-order valence-corrected chi connectivity index (χ0v) is 14.1. The Morgan fingerprint density at radius 3 is 2.71 bits per heavy atom. The number of ether oxygens (including phenoxy) is 1. The summed E-state index contributed by atoms with van der Waals surface area (Å²) in [6.45, 7) is 3.49. The molecule has 1 N–H and O–H groups in total. The van der Waals surface area contributed by atoms with Gasteiger partial charge in [-0.2, -0.15) is 4.73 Å². The average molecular weight is 355 g/mol. The molecule has 0 aliphatic rings. The van der Waals surface area contributed by atoms with Gasteiger partial charge >= 0.3 is 11.5 Å². The molecule has 1 aromatic heterocycles. The van der Waals surface area contributed by atoms with Crippen LogP contribution in [0.15, 0.2) is 29.2 Å². The lowest BCUT2D eigenvalue weighted by atomic mass is 10.1. The Hall–Kier alpha value is -2.54. The minimum absolute atomic E-state index is 0.0204. The summed E-state index contributed by atoms with van der Waals surface area (Å²) < 4.78 is 19.1. The lowest BCUT2D eigenvalue weighted by Crippen LogP contribution is -2.27. The lowest BCUT2D eigenvalue weighted by molar-refractivity contribution is 0.0522. The van der Waals surface area contributed by atoms with Crippen molar-refractivity contribution in [2.45, 2.75) is 13.8 Å². The van der Waals surface area contributed by atoms with Crippen LogP contribution in [0, 0.1) is 12.7 Å². The molecule has 1 aromatic carbocycles. The zero-order valence-electron chi connectivity index (χ0n) is 13.4. The van der Waals surface area contributed by atoms with Crippen molar-refractivity contribution in [3.63, 3.8) is 0 Å². The Balaban J connectivity index is 2.60. The van der Waals surface area contributed by atoms with E-state index in [1.807, 2.05) is 0 Å². The van der Waals surface area contributed by atoms with E-state index in [1.165, 1.54) is 31.5 Å². The number of benzene rings is 1. The van der Waals surface area contributed by atoms with E-state index in [0.29, 0.717) is 11.3 Å². The summed E-state index contributed by atoms with van der Waals surface area (Å²) in [4.78, 5) is 29.2. The largest absolute Gasteiger partial charge is 0.462 e. The van der Waals surface area contributed by atoms with Gasteiger partial charge in [0, 0.05) is 5.69 Å². The normalized spacial score (nSPS) is 10.4. The number of carbonyl (C=O) groups is 1. The maximum absolute atomic E-state index is 13.2. The number of rotatable bonds is 5. The van der Waals surface area contributed by atoms with E-state index < -0.39 is 17.3 Å². The van der Waals surface area contributed by atoms with E-state index in [9.17, 15) is 14.0 Å². The van der Waals surface area contributed by atoms with Gasteiger partial charge in [-0.15, -0.1) is 0 Å². The number of halogens is 2. The highest BCUT2D eigenvalue weighted by atomic mass is 35.5. The van der Waals surface area contributed by atoms with Crippen molar-refractivity contribution in [3.8, 4) is 0 Å². The number of hydrogen-bond donors (Lipinski definition) is 1. The Bertz CT molecular complexity index is 836. The van der Waals surface area contributed by atoms with Gasteiger partial charge in [-0.3, -0.25) is 4.79 Å². The highest BCUT2D eigenvalue weighted by Gasteiger charge is 2.21. The highest BCUT2D eigenvalue weighted by Crippen LogP contribution is 2.29. The van der Waals surface area contributed by atoms with E-state index in [1.54, 1.807) is 13.8 Å². The number of hydrogen-bond acceptors (Lipinski definition) is 5. The number of nitrogens with zero attached hydrogens (tertiary/aromatic N) is 1. The van der Waals surface area contributed by atoms with E-state index in [4.69, 9.17) is 21.2 Å². The van der Waals surface area contributed by atoms with Gasteiger partial charge in [0.25, 0.3) is 0 Å². The fourth-order valence-corrected chi connectivity index (χ4v) is 2.32. The van der Waals surface area contributed by atoms with E-state index in [-0.39, 0.29) is 22.9 Å². The third kappa shape index (κ3) is 3.51. The van der Waals surface area contributed by atoms with Gasteiger partial charge in [0.05, 0.1) is 18.5 Å². The maximum Gasteiger partial charge on any atom is 0.341 e. The first-order valence-electron chi connectivity index (χ1n) is 7.09. The van der Waals surface area contributed by atoms with Crippen molar-refractivity contribution < 1.29 is 18.8 Å².